The summed E-state index contributed by atoms with van der Waals surface area (Å²) in [5.74, 6) is 0. The third-order valence-corrected chi connectivity index (χ3v) is 3.36. The Morgan fingerprint density at radius 3 is 1.73 bits per heavy atom. The Morgan fingerprint density at radius 2 is 1.64 bits per heavy atom. The number of alkyl halides is 2. The van der Waals surface area contributed by atoms with Gasteiger partial charge in [0.05, 0.1) is 0 Å². The van der Waals surface area contributed by atoms with Crippen molar-refractivity contribution in [2.24, 2.45) is 5.41 Å². The summed E-state index contributed by atoms with van der Waals surface area (Å²) in [6, 6.07) is 0. The van der Waals surface area contributed by atoms with Gasteiger partial charge in [-0.05, 0) is 19.4 Å². The third kappa shape index (κ3) is 1.24. The lowest BCUT2D eigenvalue weighted by Gasteiger charge is -1.96. The molecule has 0 heterocycles. The van der Waals surface area contributed by atoms with Gasteiger partial charge in [0.25, 0.3) is 0 Å². The number of rotatable bonds is 0. The van der Waals surface area contributed by atoms with Gasteiger partial charge in [-0.1, -0.05) is 37.0 Å². The molecule has 1 fully saturated rings. The maximum absolute atomic E-state index is 6.00. The second-order valence-electron chi connectivity index (χ2n) is 3.70. The fourth-order valence-corrected chi connectivity index (χ4v) is 1.71. The van der Waals surface area contributed by atoms with Gasteiger partial charge >= 0.3 is 0 Å². The maximum atomic E-state index is 6.00. The van der Waals surface area contributed by atoms with Gasteiger partial charge in [-0.25, -0.2) is 0 Å². The first-order valence-corrected chi connectivity index (χ1v) is 4.38. The van der Waals surface area contributed by atoms with Crippen molar-refractivity contribution < 1.29 is 0 Å². The van der Waals surface area contributed by atoms with Crippen LogP contribution >= 0.6 is 23.2 Å². The molecule has 1 aliphatic rings. The fourth-order valence-electron chi connectivity index (χ4n) is 1.05. The van der Waals surface area contributed by atoms with Crippen LogP contribution in [0.2, 0.25) is 0 Å². The summed E-state index contributed by atoms with van der Waals surface area (Å²) in [4.78, 5) is 0. The van der Waals surface area contributed by atoms with Crippen molar-refractivity contribution >= 4 is 23.2 Å². The molecule has 0 unspecified atom stereocenters. The van der Waals surface area contributed by atoms with Crippen LogP contribution in [-0.2, 0) is 0 Å². The van der Waals surface area contributed by atoms with Gasteiger partial charge in [0.1, 0.15) is 0 Å². The minimum absolute atomic E-state index is 0.0899. The molecule has 11 heavy (non-hydrogen) atoms. The molecule has 0 atom stereocenters. The zero-order valence-electron chi connectivity index (χ0n) is 7.26. The predicted octanol–water partition coefficient (Wildman–Crippen LogP) is 3.69. The van der Waals surface area contributed by atoms with E-state index in [0.29, 0.717) is 0 Å². The Morgan fingerprint density at radius 1 is 1.27 bits per heavy atom. The summed E-state index contributed by atoms with van der Waals surface area (Å²) in [6.45, 7) is 8.03. The molecule has 0 bridgehead atoms. The standard InChI is InChI=1S/C9H12Cl2/c1-6(2)5-7-8(3,4)9(7,10)11/h1-4H3. The van der Waals surface area contributed by atoms with Crippen molar-refractivity contribution in [2.45, 2.75) is 32.0 Å². The Hall–Kier alpha value is 0.100. The number of halogens is 2. The zero-order valence-corrected chi connectivity index (χ0v) is 8.77. The molecule has 1 aliphatic carbocycles. The SMILES string of the molecule is CC(C)=C=C1C(C)(C)C1(Cl)Cl. The van der Waals surface area contributed by atoms with E-state index in [9.17, 15) is 0 Å². The Bertz CT molecular complexity index is 233. The van der Waals surface area contributed by atoms with Crippen molar-refractivity contribution in [3.05, 3.63) is 16.9 Å². The minimum Gasteiger partial charge on any atom is -0.119 e. The van der Waals surface area contributed by atoms with Crippen LogP contribution in [0.3, 0.4) is 0 Å². The summed E-state index contributed by atoms with van der Waals surface area (Å²) in [6.07, 6.45) is 0. The molecule has 0 amide bonds. The van der Waals surface area contributed by atoms with Gasteiger partial charge in [0, 0.05) is 11.0 Å². The lowest BCUT2D eigenvalue weighted by Crippen LogP contribution is -1.96. The lowest BCUT2D eigenvalue weighted by molar-refractivity contribution is 0.669. The Kier molecular flexibility index (Phi) is 1.92. The lowest BCUT2D eigenvalue weighted by atomic mass is 10.2. The molecular formula is C9H12Cl2. The van der Waals surface area contributed by atoms with E-state index in [-0.39, 0.29) is 5.41 Å². The van der Waals surface area contributed by atoms with Crippen LogP contribution in [-0.4, -0.2) is 4.33 Å². The van der Waals surface area contributed by atoms with Gasteiger partial charge in [-0.2, -0.15) is 0 Å². The van der Waals surface area contributed by atoms with Crippen LogP contribution in [0.5, 0.6) is 0 Å². The molecule has 0 saturated heterocycles. The maximum Gasteiger partial charge on any atom is 0.156 e. The summed E-state index contributed by atoms with van der Waals surface area (Å²) < 4.78 is -0.676. The minimum atomic E-state index is -0.676. The van der Waals surface area contributed by atoms with Gasteiger partial charge in [0.2, 0.25) is 0 Å². The van der Waals surface area contributed by atoms with Gasteiger partial charge in [0.15, 0.2) is 4.33 Å². The van der Waals surface area contributed by atoms with Crippen molar-refractivity contribution in [2.75, 3.05) is 0 Å². The summed E-state index contributed by atoms with van der Waals surface area (Å²) >= 11 is 12.0. The van der Waals surface area contributed by atoms with Crippen molar-refractivity contribution in [3.63, 3.8) is 0 Å². The highest BCUT2D eigenvalue weighted by atomic mass is 35.5. The quantitative estimate of drug-likeness (QED) is 0.404. The van der Waals surface area contributed by atoms with Crippen molar-refractivity contribution in [3.8, 4) is 0 Å². The number of hydrogen-bond donors (Lipinski definition) is 0. The molecule has 0 N–H and O–H groups in total. The van der Waals surface area contributed by atoms with E-state index in [1.165, 1.54) is 0 Å². The molecular weight excluding hydrogens is 179 g/mol. The zero-order chi connectivity index (χ0) is 8.86. The first-order chi connectivity index (χ1) is 4.80. The Balaban J connectivity index is 3.11. The monoisotopic (exact) mass is 190 g/mol. The van der Waals surface area contributed by atoms with Crippen LogP contribution in [0.15, 0.2) is 16.9 Å². The highest BCUT2D eigenvalue weighted by Crippen LogP contribution is 2.67. The van der Waals surface area contributed by atoms with Gasteiger partial charge in [-0.3, -0.25) is 0 Å². The number of allylic oxidation sites excluding steroid dienone is 1. The molecule has 0 aromatic rings. The van der Waals surface area contributed by atoms with E-state index < -0.39 is 4.33 Å². The second kappa shape index (κ2) is 2.29. The molecule has 0 spiro atoms. The van der Waals surface area contributed by atoms with E-state index >= 15 is 0 Å². The highest BCUT2D eigenvalue weighted by molar-refractivity contribution is 6.54. The second-order valence-corrected chi connectivity index (χ2v) is 5.03. The largest absolute Gasteiger partial charge is 0.156 e. The van der Waals surface area contributed by atoms with Crippen LogP contribution in [0.4, 0.5) is 0 Å². The summed E-state index contributed by atoms with van der Waals surface area (Å²) in [7, 11) is 0. The average molecular weight is 191 g/mol. The van der Waals surface area contributed by atoms with Crippen molar-refractivity contribution in [1.29, 1.82) is 0 Å². The fraction of sp³-hybridized carbons (Fsp3) is 0.667. The molecule has 1 saturated carbocycles. The summed E-state index contributed by atoms with van der Waals surface area (Å²) in [5, 5.41) is 0. The van der Waals surface area contributed by atoms with Gasteiger partial charge < -0.3 is 0 Å². The molecule has 0 aliphatic heterocycles. The first-order valence-electron chi connectivity index (χ1n) is 3.63. The van der Waals surface area contributed by atoms with E-state index in [0.717, 1.165) is 11.1 Å². The summed E-state index contributed by atoms with van der Waals surface area (Å²) in [5.41, 5.74) is 5.21. The topological polar surface area (TPSA) is 0 Å². The van der Waals surface area contributed by atoms with Crippen LogP contribution in [0.25, 0.3) is 0 Å². The number of hydrogen-bond acceptors (Lipinski definition) is 0. The third-order valence-electron chi connectivity index (χ3n) is 2.04. The predicted molar refractivity (Wildman–Crippen MR) is 50.1 cm³/mol. The molecule has 0 aromatic carbocycles. The molecule has 1 rings (SSSR count). The van der Waals surface area contributed by atoms with Crippen LogP contribution in [0, 0.1) is 5.41 Å². The molecule has 0 aromatic heterocycles. The molecule has 0 nitrogen and oxygen atoms in total. The van der Waals surface area contributed by atoms with E-state index in [1.807, 2.05) is 27.7 Å². The molecule has 2 heteroatoms. The normalized spacial score (nSPS) is 24.4. The Labute approximate surface area is 77.9 Å². The van der Waals surface area contributed by atoms with Crippen molar-refractivity contribution in [1.82, 2.24) is 0 Å². The van der Waals surface area contributed by atoms with Crippen LogP contribution < -0.4 is 0 Å². The van der Waals surface area contributed by atoms with E-state index in [1.54, 1.807) is 0 Å². The molecule has 0 radical (unpaired) electrons. The van der Waals surface area contributed by atoms with Gasteiger partial charge in [-0.15, -0.1) is 5.73 Å². The smallest absolute Gasteiger partial charge is 0.119 e. The van der Waals surface area contributed by atoms with E-state index in [2.05, 4.69) is 5.73 Å². The van der Waals surface area contributed by atoms with E-state index in [4.69, 9.17) is 23.2 Å². The first kappa shape index (κ1) is 9.19. The molecule has 62 valence electrons. The average Bonchev–Trinajstić information content (AvgIpc) is 2.11. The van der Waals surface area contributed by atoms with Crippen LogP contribution in [0.1, 0.15) is 27.7 Å². The highest BCUT2D eigenvalue weighted by Gasteiger charge is 2.65.